The van der Waals surface area contributed by atoms with Gasteiger partial charge in [-0.1, -0.05) is 36.8 Å². The summed E-state index contributed by atoms with van der Waals surface area (Å²) >= 11 is 0. The molecule has 0 saturated carbocycles. The predicted molar refractivity (Wildman–Crippen MR) is 74.9 cm³/mol. The van der Waals surface area contributed by atoms with Crippen LogP contribution in [0.2, 0.25) is 0 Å². The molecule has 0 unspecified atom stereocenters. The third-order valence-corrected chi connectivity index (χ3v) is 3.25. The van der Waals surface area contributed by atoms with Crippen molar-refractivity contribution in [3.63, 3.8) is 0 Å². The topological polar surface area (TPSA) is 46.2 Å². The summed E-state index contributed by atoms with van der Waals surface area (Å²) in [6.07, 6.45) is 0.909. The molecule has 2 aromatic carbocycles. The van der Waals surface area contributed by atoms with Crippen molar-refractivity contribution in [2.45, 2.75) is 33.2 Å². The molecule has 1 N–H and O–H groups in total. The zero-order valence-electron chi connectivity index (χ0n) is 10.9. The van der Waals surface area contributed by atoms with Gasteiger partial charge in [0, 0.05) is 6.04 Å². The first-order valence-corrected chi connectivity index (χ1v) is 6.21. The first kappa shape index (κ1) is 12.6. The van der Waals surface area contributed by atoms with Crippen LogP contribution in [0.4, 0.5) is 5.69 Å². The average Bonchev–Trinajstić information content (AvgIpc) is 2.39. The lowest BCUT2D eigenvalue weighted by Crippen LogP contribution is -2.38. The Morgan fingerprint density at radius 2 is 1.72 bits per heavy atom. The van der Waals surface area contributed by atoms with E-state index in [4.69, 9.17) is 0 Å². The summed E-state index contributed by atoms with van der Waals surface area (Å²) in [4.78, 5) is 23.3. The minimum atomic E-state index is -0.397. The van der Waals surface area contributed by atoms with E-state index in [1.54, 1.807) is 0 Å². The maximum absolute atomic E-state index is 11.7. The third-order valence-electron chi connectivity index (χ3n) is 3.25. The summed E-state index contributed by atoms with van der Waals surface area (Å²) < 4.78 is 0. The first-order valence-electron chi connectivity index (χ1n) is 6.21. The number of benzene rings is 1. The van der Waals surface area contributed by atoms with Crippen LogP contribution in [0.1, 0.15) is 25.8 Å². The van der Waals surface area contributed by atoms with Gasteiger partial charge in [-0.05, 0) is 25.8 Å². The normalized spacial score (nSPS) is 12.6. The van der Waals surface area contributed by atoms with Crippen molar-refractivity contribution in [1.82, 2.24) is 0 Å². The van der Waals surface area contributed by atoms with Crippen LogP contribution in [0.5, 0.6) is 0 Å². The first-order chi connectivity index (χ1) is 8.54. The van der Waals surface area contributed by atoms with Gasteiger partial charge < -0.3 is 5.32 Å². The van der Waals surface area contributed by atoms with Crippen LogP contribution in [-0.2, 0) is 0 Å². The Bertz CT molecular complexity index is 619. The molecule has 94 valence electrons. The Morgan fingerprint density at radius 3 is 2.28 bits per heavy atom. The van der Waals surface area contributed by atoms with E-state index in [0.717, 1.165) is 17.5 Å². The molecule has 3 nitrogen and oxygen atoms in total. The molecule has 0 aliphatic heterocycles. The number of hydrogen-bond acceptors (Lipinski definition) is 3. The maximum atomic E-state index is 11.7. The molecule has 0 aliphatic rings. The Balaban J connectivity index is 2.40. The number of rotatable bonds is 4. The van der Waals surface area contributed by atoms with E-state index in [1.807, 2.05) is 45.0 Å². The summed E-state index contributed by atoms with van der Waals surface area (Å²) in [5.74, 6) is 0. The van der Waals surface area contributed by atoms with Crippen molar-refractivity contribution in [3.8, 4) is 11.1 Å². The molecule has 1 atom stereocenters. The van der Waals surface area contributed by atoms with Gasteiger partial charge in [-0.3, -0.25) is 9.59 Å². The fraction of sp³-hybridized carbons (Fsp3) is 0.333. The van der Waals surface area contributed by atoms with Crippen LogP contribution in [0, 0.1) is 6.92 Å². The summed E-state index contributed by atoms with van der Waals surface area (Å²) in [5, 5.41) is 3.12. The number of aryl methyl sites for hydroxylation is 1. The van der Waals surface area contributed by atoms with E-state index in [2.05, 4.69) is 5.32 Å². The van der Waals surface area contributed by atoms with Gasteiger partial charge in [-0.25, -0.2) is 0 Å². The van der Waals surface area contributed by atoms with Gasteiger partial charge in [0.05, 0.1) is 11.3 Å². The van der Waals surface area contributed by atoms with Crippen LogP contribution in [0.25, 0.3) is 11.1 Å². The molecule has 0 fully saturated rings. The molecule has 0 aliphatic carbocycles. The molecular formula is C15H17NO2. The van der Waals surface area contributed by atoms with Crippen molar-refractivity contribution in [1.29, 1.82) is 0 Å². The third kappa shape index (κ3) is 2.08. The van der Waals surface area contributed by atoms with Gasteiger partial charge in [-0.2, -0.15) is 0 Å². The van der Waals surface area contributed by atoms with E-state index in [0.29, 0.717) is 11.3 Å². The molecule has 2 aromatic rings. The lowest BCUT2D eigenvalue weighted by atomic mass is 9.97. The minimum Gasteiger partial charge on any atom is -0.379 e. The molecule has 0 heterocycles. The Hall–Kier alpha value is -1.90. The number of nitrogens with one attached hydrogen (secondary N) is 1. The van der Waals surface area contributed by atoms with Crippen molar-refractivity contribution >= 4 is 5.69 Å². The molecule has 0 radical (unpaired) electrons. The van der Waals surface area contributed by atoms with Crippen molar-refractivity contribution in [3.05, 3.63) is 50.3 Å². The lowest BCUT2D eigenvalue weighted by molar-refractivity contribution is 0.762. The number of hydrogen-bond donors (Lipinski definition) is 1. The SMILES string of the molecule is CC[C@H](C)Nc1c(-c2ccc(C)cc2)c(=O)c1=O. The van der Waals surface area contributed by atoms with E-state index in [-0.39, 0.29) is 11.5 Å². The fourth-order valence-electron chi connectivity index (χ4n) is 1.87. The fourth-order valence-corrected chi connectivity index (χ4v) is 1.87. The Kier molecular flexibility index (Phi) is 3.32. The summed E-state index contributed by atoms with van der Waals surface area (Å²) in [5.41, 5.74) is 2.17. The summed E-state index contributed by atoms with van der Waals surface area (Å²) in [7, 11) is 0. The standard InChI is InChI=1S/C15H17NO2/c1-4-10(3)16-13-12(14(17)15(13)18)11-7-5-9(2)6-8-11/h5-8,10,16H,4H2,1-3H3/t10-/m0/s1. The van der Waals surface area contributed by atoms with Crippen molar-refractivity contribution < 1.29 is 0 Å². The molecular weight excluding hydrogens is 226 g/mol. The van der Waals surface area contributed by atoms with Crippen molar-refractivity contribution in [2.75, 3.05) is 5.32 Å². The molecule has 0 aromatic heterocycles. The average molecular weight is 243 g/mol. The Labute approximate surface area is 106 Å². The van der Waals surface area contributed by atoms with Crippen LogP contribution in [-0.4, -0.2) is 6.04 Å². The largest absolute Gasteiger partial charge is 0.379 e. The highest BCUT2D eigenvalue weighted by Gasteiger charge is 2.22. The zero-order valence-corrected chi connectivity index (χ0v) is 10.9. The van der Waals surface area contributed by atoms with E-state index in [9.17, 15) is 9.59 Å². The quantitative estimate of drug-likeness (QED) is 0.839. The van der Waals surface area contributed by atoms with Gasteiger partial charge in [0.15, 0.2) is 0 Å². The van der Waals surface area contributed by atoms with Crippen LogP contribution in [0.15, 0.2) is 33.9 Å². The highest BCUT2D eigenvalue weighted by Crippen LogP contribution is 2.24. The van der Waals surface area contributed by atoms with E-state index >= 15 is 0 Å². The van der Waals surface area contributed by atoms with Gasteiger partial charge in [0.1, 0.15) is 0 Å². The number of anilines is 1. The second-order valence-electron chi connectivity index (χ2n) is 4.73. The molecule has 0 spiro atoms. The maximum Gasteiger partial charge on any atom is 0.250 e. The highest BCUT2D eigenvalue weighted by atomic mass is 16.2. The van der Waals surface area contributed by atoms with Crippen LogP contribution >= 0.6 is 0 Å². The highest BCUT2D eigenvalue weighted by molar-refractivity contribution is 5.82. The minimum absolute atomic E-state index is 0.192. The monoisotopic (exact) mass is 243 g/mol. The molecule has 2 rings (SSSR count). The van der Waals surface area contributed by atoms with Crippen molar-refractivity contribution in [2.24, 2.45) is 0 Å². The molecule has 18 heavy (non-hydrogen) atoms. The van der Waals surface area contributed by atoms with Gasteiger partial charge in [0.25, 0.3) is 0 Å². The zero-order chi connectivity index (χ0) is 13.3. The lowest BCUT2D eigenvalue weighted by Gasteiger charge is -2.17. The smallest absolute Gasteiger partial charge is 0.250 e. The molecule has 0 bridgehead atoms. The summed E-state index contributed by atoms with van der Waals surface area (Å²) in [6, 6.07) is 7.84. The molecule has 0 saturated heterocycles. The van der Waals surface area contributed by atoms with E-state index < -0.39 is 5.43 Å². The van der Waals surface area contributed by atoms with Gasteiger partial charge >= 0.3 is 0 Å². The molecule has 0 amide bonds. The van der Waals surface area contributed by atoms with Gasteiger partial charge in [0.2, 0.25) is 10.9 Å². The van der Waals surface area contributed by atoms with Gasteiger partial charge in [-0.15, -0.1) is 0 Å². The predicted octanol–water partition coefficient (Wildman–Crippen LogP) is 2.47. The second-order valence-corrected chi connectivity index (χ2v) is 4.73. The van der Waals surface area contributed by atoms with Crippen LogP contribution in [0.3, 0.4) is 0 Å². The van der Waals surface area contributed by atoms with Crippen LogP contribution < -0.4 is 16.2 Å². The van der Waals surface area contributed by atoms with E-state index in [1.165, 1.54) is 0 Å². The summed E-state index contributed by atoms with van der Waals surface area (Å²) in [6.45, 7) is 6.02. The molecule has 3 heteroatoms. The second kappa shape index (κ2) is 4.77. The Morgan fingerprint density at radius 1 is 1.11 bits per heavy atom.